The molecule has 0 saturated carbocycles. The fourth-order valence-electron chi connectivity index (χ4n) is 2.57. The number of thioether (sulfide) groups is 1. The van der Waals surface area contributed by atoms with E-state index < -0.39 is 5.97 Å². The van der Waals surface area contributed by atoms with Crippen LogP contribution in [0.4, 0.5) is 5.00 Å². The second-order valence-electron chi connectivity index (χ2n) is 6.52. The van der Waals surface area contributed by atoms with Gasteiger partial charge in [0.05, 0.1) is 17.9 Å². The number of nitrogens with two attached hydrogens (primary N) is 1. The number of carbonyl (C=O) groups is 2. The molecule has 3 N–H and O–H groups in total. The van der Waals surface area contributed by atoms with Gasteiger partial charge in [0.2, 0.25) is 11.1 Å². The second kappa shape index (κ2) is 9.92. The van der Waals surface area contributed by atoms with E-state index >= 15 is 0 Å². The summed E-state index contributed by atoms with van der Waals surface area (Å²) in [6.07, 6.45) is 1.78. The van der Waals surface area contributed by atoms with Crippen LogP contribution in [0.2, 0.25) is 0 Å². The number of nitrogen functional groups attached to an aromatic ring is 1. The van der Waals surface area contributed by atoms with Crippen molar-refractivity contribution in [2.24, 2.45) is 5.92 Å². The Labute approximate surface area is 173 Å². The lowest BCUT2D eigenvalue weighted by Crippen LogP contribution is -2.18. The van der Waals surface area contributed by atoms with Gasteiger partial charge in [0.1, 0.15) is 10.8 Å². The van der Waals surface area contributed by atoms with E-state index in [0.717, 1.165) is 23.3 Å². The fraction of sp³-hybridized carbons (Fsp3) is 0.556. The lowest BCUT2D eigenvalue weighted by atomic mass is 9.96. The quantitative estimate of drug-likeness (QED) is 0.360. The lowest BCUT2D eigenvalue weighted by molar-refractivity contribution is -0.113. The third-order valence-corrected chi connectivity index (χ3v) is 6.36. The number of nitrogens with zero attached hydrogens (tertiary/aromatic N) is 3. The summed E-state index contributed by atoms with van der Waals surface area (Å²) in [4.78, 5) is 26.0. The molecule has 2 aromatic heterocycles. The standard InChI is InChI=1S/C18H27N5O3S2/c1-6-10(3)8-13-11(4)28-16(15(13)17(25)26-7-2)20-14(24)9-27-18-22-21-12(5)23(18)19/h10H,6-9,19H2,1-5H3,(H,20,24)/t10-/m0/s1. The topological polar surface area (TPSA) is 112 Å². The van der Waals surface area contributed by atoms with Gasteiger partial charge in [-0.2, -0.15) is 0 Å². The van der Waals surface area contributed by atoms with Crippen LogP contribution in [0.5, 0.6) is 0 Å². The van der Waals surface area contributed by atoms with Crippen molar-refractivity contribution in [2.45, 2.75) is 52.6 Å². The largest absolute Gasteiger partial charge is 0.462 e. The highest BCUT2D eigenvalue weighted by molar-refractivity contribution is 7.99. The number of hydrogen-bond acceptors (Lipinski definition) is 8. The third-order valence-electron chi connectivity index (χ3n) is 4.36. The van der Waals surface area contributed by atoms with E-state index in [0.29, 0.717) is 27.5 Å². The first-order valence-corrected chi connectivity index (χ1v) is 11.0. The van der Waals surface area contributed by atoms with Crippen molar-refractivity contribution < 1.29 is 14.3 Å². The van der Waals surface area contributed by atoms with E-state index in [4.69, 9.17) is 10.6 Å². The average molecular weight is 426 g/mol. The van der Waals surface area contributed by atoms with Crippen molar-refractivity contribution in [3.05, 3.63) is 21.8 Å². The molecule has 1 amide bonds. The van der Waals surface area contributed by atoms with Gasteiger partial charge in [0.25, 0.3) is 0 Å². The van der Waals surface area contributed by atoms with Crippen molar-refractivity contribution in [1.82, 2.24) is 14.9 Å². The van der Waals surface area contributed by atoms with Crippen molar-refractivity contribution in [2.75, 3.05) is 23.5 Å². The van der Waals surface area contributed by atoms with Gasteiger partial charge < -0.3 is 15.9 Å². The lowest BCUT2D eigenvalue weighted by Gasteiger charge is -2.12. The van der Waals surface area contributed by atoms with Crippen LogP contribution in [0.1, 0.15) is 53.8 Å². The normalized spacial score (nSPS) is 12.0. The summed E-state index contributed by atoms with van der Waals surface area (Å²) in [5.74, 6) is 6.26. The molecular formula is C18H27N5O3S2. The predicted molar refractivity (Wildman–Crippen MR) is 112 cm³/mol. The minimum atomic E-state index is -0.398. The number of aromatic nitrogens is 3. The van der Waals surface area contributed by atoms with Crippen molar-refractivity contribution >= 4 is 40.0 Å². The zero-order chi connectivity index (χ0) is 20.8. The van der Waals surface area contributed by atoms with Crippen molar-refractivity contribution in [1.29, 1.82) is 0 Å². The smallest absolute Gasteiger partial charge is 0.341 e. The average Bonchev–Trinajstić information content (AvgIpc) is 3.13. The van der Waals surface area contributed by atoms with Crippen LogP contribution in [0.25, 0.3) is 0 Å². The van der Waals surface area contributed by atoms with E-state index in [-0.39, 0.29) is 18.3 Å². The van der Waals surface area contributed by atoms with Gasteiger partial charge in [0.15, 0.2) is 0 Å². The summed E-state index contributed by atoms with van der Waals surface area (Å²) in [6.45, 7) is 10.0. The number of nitrogens with one attached hydrogen (secondary N) is 1. The molecule has 2 aromatic rings. The fourth-order valence-corrected chi connectivity index (χ4v) is 4.36. The van der Waals surface area contributed by atoms with E-state index in [1.807, 2.05) is 6.92 Å². The van der Waals surface area contributed by atoms with Crippen LogP contribution in [0.15, 0.2) is 5.16 Å². The Balaban J connectivity index is 2.18. The van der Waals surface area contributed by atoms with Gasteiger partial charge in [-0.1, -0.05) is 32.0 Å². The van der Waals surface area contributed by atoms with Crippen LogP contribution in [-0.4, -0.2) is 39.1 Å². The highest BCUT2D eigenvalue weighted by Gasteiger charge is 2.25. The molecule has 154 valence electrons. The summed E-state index contributed by atoms with van der Waals surface area (Å²) in [5, 5.41) is 11.6. The molecule has 0 aliphatic heterocycles. The van der Waals surface area contributed by atoms with E-state index in [1.54, 1.807) is 13.8 Å². The predicted octanol–water partition coefficient (Wildman–Crippen LogP) is 3.17. The number of thiophene rings is 1. The molecule has 0 fully saturated rings. The molecule has 28 heavy (non-hydrogen) atoms. The zero-order valence-corrected chi connectivity index (χ0v) is 18.5. The zero-order valence-electron chi connectivity index (χ0n) is 16.9. The van der Waals surface area contributed by atoms with Crippen LogP contribution in [0, 0.1) is 19.8 Å². The Bertz CT molecular complexity index is 847. The second-order valence-corrected chi connectivity index (χ2v) is 8.68. The molecule has 0 radical (unpaired) electrons. The highest BCUT2D eigenvalue weighted by Crippen LogP contribution is 2.35. The summed E-state index contributed by atoms with van der Waals surface area (Å²) < 4.78 is 6.58. The summed E-state index contributed by atoms with van der Waals surface area (Å²) in [6, 6.07) is 0. The summed E-state index contributed by atoms with van der Waals surface area (Å²) in [7, 11) is 0. The van der Waals surface area contributed by atoms with Gasteiger partial charge in [0, 0.05) is 4.88 Å². The number of ether oxygens (including phenoxy) is 1. The number of rotatable bonds is 9. The summed E-state index contributed by atoms with van der Waals surface area (Å²) in [5.41, 5.74) is 1.43. The van der Waals surface area contributed by atoms with Crippen LogP contribution >= 0.6 is 23.1 Å². The van der Waals surface area contributed by atoms with Gasteiger partial charge in [-0.25, -0.2) is 9.47 Å². The Morgan fingerprint density at radius 3 is 2.61 bits per heavy atom. The first kappa shape index (κ1) is 22.2. The molecule has 0 bridgehead atoms. The molecule has 1 atom stereocenters. The van der Waals surface area contributed by atoms with Gasteiger partial charge >= 0.3 is 5.97 Å². The molecule has 2 rings (SSSR count). The molecule has 8 nitrogen and oxygen atoms in total. The van der Waals surface area contributed by atoms with E-state index in [2.05, 4.69) is 29.4 Å². The number of anilines is 1. The van der Waals surface area contributed by atoms with E-state index in [1.165, 1.54) is 27.8 Å². The van der Waals surface area contributed by atoms with Gasteiger partial charge in [-0.05, 0) is 38.7 Å². The minimum absolute atomic E-state index is 0.106. The maximum atomic E-state index is 12.6. The molecule has 0 spiro atoms. The number of esters is 1. The Morgan fingerprint density at radius 1 is 1.32 bits per heavy atom. The van der Waals surface area contributed by atoms with Crippen LogP contribution in [0.3, 0.4) is 0 Å². The Kier molecular flexibility index (Phi) is 7.88. The molecular weight excluding hydrogens is 398 g/mol. The molecule has 0 aliphatic carbocycles. The monoisotopic (exact) mass is 425 g/mol. The van der Waals surface area contributed by atoms with Crippen molar-refractivity contribution in [3.63, 3.8) is 0 Å². The number of carbonyl (C=O) groups excluding carboxylic acids is 2. The maximum Gasteiger partial charge on any atom is 0.341 e. The molecule has 0 saturated heterocycles. The number of hydrogen-bond donors (Lipinski definition) is 2. The highest BCUT2D eigenvalue weighted by atomic mass is 32.2. The first-order chi connectivity index (χ1) is 13.3. The molecule has 0 unspecified atom stereocenters. The van der Waals surface area contributed by atoms with E-state index in [9.17, 15) is 9.59 Å². The van der Waals surface area contributed by atoms with Crippen LogP contribution < -0.4 is 11.2 Å². The Morgan fingerprint density at radius 2 is 2.04 bits per heavy atom. The molecule has 0 aliphatic rings. The number of aryl methyl sites for hydroxylation is 2. The molecule has 10 heteroatoms. The van der Waals surface area contributed by atoms with Gasteiger partial charge in [-0.3, -0.25) is 4.79 Å². The van der Waals surface area contributed by atoms with Gasteiger partial charge in [-0.15, -0.1) is 21.5 Å². The first-order valence-electron chi connectivity index (χ1n) is 9.17. The number of amides is 1. The third kappa shape index (κ3) is 5.26. The SMILES string of the molecule is CCOC(=O)c1c(NC(=O)CSc2nnc(C)n2N)sc(C)c1C[C@@H](C)CC. The molecule has 0 aromatic carbocycles. The minimum Gasteiger partial charge on any atom is -0.462 e. The van der Waals surface area contributed by atoms with Crippen LogP contribution in [-0.2, 0) is 16.0 Å². The Hall–Kier alpha value is -2.07. The summed E-state index contributed by atoms with van der Waals surface area (Å²) >= 11 is 2.59. The van der Waals surface area contributed by atoms with Crippen molar-refractivity contribution in [3.8, 4) is 0 Å². The maximum absolute atomic E-state index is 12.6. The molecule has 2 heterocycles.